The van der Waals surface area contributed by atoms with Gasteiger partial charge in [0.25, 0.3) is 0 Å². The Morgan fingerprint density at radius 1 is 1.21 bits per heavy atom. The molecular formula is C20H30N2O6. The van der Waals surface area contributed by atoms with Crippen LogP contribution in [-0.2, 0) is 20.8 Å². The molecule has 1 saturated heterocycles. The molecule has 1 aliphatic heterocycles. The van der Waals surface area contributed by atoms with Gasteiger partial charge in [-0.15, -0.1) is 6.58 Å². The molecule has 1 N–H and O–H groups in total. The summed E-state index contributed by atoms with van der Waals surface area (Å²) in [5, 5.41) is 3.31. The summed E-state index contributed by atoms with van der Waals surface area (Å²) in [5.41, 5.74) is 0.850. The van der Waals surface area contributed by atoms with Crippen molar-refractivity contribution in [1.82, 2.24) is 10.2 Å². The fourth-order valence-corrected chi connectivity index (χ4v) is 3.36. The SMILES string of the molecule is C=CCOCN[C@H]1C[C@@H](C(=O)OC)N(Cc2c(OC)cc(OC)cc2OC)C1. The predicted octanol–water partition coefficient (Wildman–Crippen LogP) is 1.58. The minimum Gasteiger partial charge on any atom is -0.496 e. The monoisotopic (exact) mass is 394 g/mol. The summed E-state index contributed by atoms with van der Waals surface area (Å²) in [4.78, 5) is 14.4. The number of esters is 1. The Balaban J connectivity index is 2.19. The Morgan fingerprint density at radius 3 is 2.43 bits per heavy atom. The molecule has 0 radical (unpaired) electrons. The standard InChI is InChI=1S/C20H30N2O6/c1-6-7-28-13-21-14-8-17(20(23)27-5)22(11-14)12-16-18(25-3)9-15(24-2)10-19(16)26-4/h6,9-10,14,17,21H,1,7-8,11-13H2,2-5H3/t14-,17-/m0/s1. The van der Waals surface area contributed by atoms with Crippen LogP contribution in [0.5, 0.6) is 17.2 Å². The summed E-state index contributed by atoms with van der Waals surface area (Å²) in [7, 11) is 6.19. The minimum absolute atomic E-state index is 0.101. The number of ether oxygens (including phenoxy) is 5. The average Bonchev–Trinajstić information content (AvgIpc) is 3.13. The van der Waals surface area contributed by atoms with E-state index in [1.54, 1.807) is 39.5 Å². The van der Waals surface area contributed by atoms with Gasteiger partial charge in [-0.05, 0) is 6.42 Å². The van der Waals surface area contributed by atoms with E-state index < -0.39 is 0 Å². The van der Waals surface area contributed by atoms with E-state index in [0.717, 1.165) is 5.56 Å². The van der Waals surface area contributed by atoms with Gasteiger partial charge >= 0.3 is 5.97 Å². The van der Waals surface area contributed by atoms with Crippen molar-refractivity contribution in [3.8, 4) is 17.2 Å². The molecule has 28 heavy (non-hydrogen) atoms. The average molecular weight is 394 g/mol. The van der Waals surface area contributed by atoms with E-state index in [1.165, 1.54) is 7.11 Å². The first-order chi connectivity index (χ1) is 13.6. The number of carbonyl (C=O) groups is 1. The first kappa shape index (κ1) is 22.0. The quantitative estimate of drug-likeness (QED) is 0.262. The van der Waals surface area contributed by atoms with E-state index in [0.29, 0.717) is 50.1 Å². The summed E-state index contributed by atoms with van der Waals surface area (Å²) >= 11 is 0. The molecule has 0 unspecified atom stereocenters. The first-order valence-electron chi connectivity index (χ1n) is 9.10. The van der Waals surface area contributed by atoms with Crippen LogP contribution in [0.4, 0.5) is 0 Å². The van der Waals surface area contributed by atoms with Crippen molar-refractivity contribution in [1.29, 1.82) is 0 Å². The van der Waals surface area contributed by atoms with Crippen molar-refractivity contribution in [2.24, 2.45) is 0 Å². The third-order valence-electron chi connectivity index (χ3n) is 4.76. The molecule has 2 atom stereocenters. The van der Waals surface area contributed by atoms with E-state index in [2.05, 4.69) is 16.8 Å². The molecule has 1 heterocycles. The topological polar surface area (TPSA) is 78.5 Å². The van der Waals surface area contributed by atoms with Crippen LogP contribution in [0.1, 0.15) is 12.0 Å². The van der Waals surface area contributed by atoms with Crippen molar-refractivity contribution in [3.63, 3.8) is 0 Å². The maximum absolute atomic E-state index is 12.3. The third-order valence-corrected chi connectivity index (χ3v) is 4.76. The van der Waals surface area contributed by atoms with Crippen molar-refractivity contribution >= 4 is 5.97 Å². The molecular weight excluding hydrogens is 364 g/mol. The lowest BCUT2D eigenvalue weighted by atomic mass is 10.1. The Kier molecular flexibility index (Phi) is 8.56. The molecule has 8 nitrogen and oxygen atoms in total. The number of nitrogens with one attached hydrogen (secondary N) is 1. The smallest absolute Gasteiger partial charge is 0.323 e. The van der Waals surface area contributed by atoms with E-state index >= 15 is 0 Å². The maximum atomic E-state index is 12.3. The molecule has 2 rings (SSSR count). The summed E-state index contributed by atoms with van der Waals surface area (Å²) in [6.07, 6.45) is 2.33. The zero-order chi connectivity index (χ0) is 20.5. The van der Waals surface area contributed by atoms with Gasteiger partial charge in [-0.2, -0.15) is 0 Å². The molecule has 1 aromatic carbocycles. The normalized spacial score (nSPS) is 19.3. The van der Waals surface area contributed by atoms with Gasteiger partial charge in [-0.1, -0.05) is 6.08 Å². The van der Waals surface area contributed by atoms with Gasteiger partial charge in [-0.3, -0.25) is 15.0 Å². The van der Waals surface area contributed by atoms with Crippen molar-refractivity contribution in [3.05, 3.63) is 30.4 Å². The fourth-order valence-electron chi connectivity index (χ4n) is 3.36. The highest BCUT2D eigenvalue weighted by Crippen LogP contribution is 2.36. The van der Waals surface area contributed by atoms with Gasteiger partial charge in [0.2, 0.25) is 0 Å². The number of carbonyl (C=O) groups excluding carboxylic acids is 1. The van der Waals surface area contributed by atoms with Gasteiger partial charge < -0.3 is 23.7 Å². The van der Waals surface area contributed by atoms with Crippen molar-refractivity contribution in [2.45, 2.75) is 25.0 Å². The minimum atomic E-state index is -0.363. The molecule has 1 aromatic rings. The Hall–Kier alpha value is -2.29. The fraction of sp³-hybridized carbons (Fsp3) is 0.550. The summed E-state index contributed by atoms with van der Waals surface area (Å²) in [6.45, 7) is 5.63. The number of rotatable bonds is 11. The third kappa shape index (κ3) is 5.37. The Morgan fingerprint density at radius 2 is 1.89 bits per heavy atom. The maximum Gasteiger partial charge on any atom is 0.323 e. The largest absolute Gasteiger partial charge is 0.496 e. The zero-order valence-corrected chi connectivity index (χ0v) is 17.0. The van der Waals surface area contributed by atoms with E-state index in [4.69, 9.17) is 23.7 Å². The first-order valence-corrected chi connectivity index (χ1v) is 9.10. The molecule has 0 amide bonds. The Bertz CT molecular complexity index is 641. The summed E-state index contributed by atoms with van der Waals surface area (Å²) in [6, 6.07) is 3.35. The molecule has 1 fully saturated rings. The lowest BCUT2D eigenvalue weighted by Gasteiger charge is -2.24. The van der Waals surface area contributed by atoms with Gasteiger partial charge in [0.1, 0.15) is 23.3 Å². The van der Waals surface area contributed by atoms with Crippen LogP contribution in [0.25, 0.3) is 0 Å². The van der Waals surface area contributed by atoms with Gasteiger partial charge in [0.15, 0.2) is 0 Å². The lowest BCUT2D eigenvalue weighted by Crippen LogP contribution is -2.37. The second-order valence-corrected chi connectivity index (χ2v) is 6.42. The number of hydrogen-bond acceptors (Lipinski definition) is 8. The van der Waals surface area contributed by atoms with Crippen LogP contribution in [-0.4, -0.2) is 71.3 Å². The summed E-state index contributed by atoms with van der Waals surface area (Å²) < 4.78 is 26.8. The van der Waals surface area contributed by atoms with E-state index in [9.17, 15) is 4.79 Å². The number of methoxy groups -OCH3 is 4. The molecule has 156 valence electrons. The highest BCUT2D eigenvalue weighted by Gasteiger charge is 2.38. The number of likely N-dealkylation sites (tertiary alicyclic amines) is 1. The Labute approximate surface area is 166 Å². The highest BCUT2D eigenvalue weighted by atomic mass is 16.5. The van der Waals surface area contributed by atoms with Crippen molar-refractivity contribution in [2.75, 3.05) is 48.3 Å². The van der Waals surface area contributed by atoms with Gasteiger partial charge in [-0.25, -0.2) is 0 Å². The van der Waals surface area contributed by atoms with Crippen LogP contribution in [0.2, 0.25) is 0 Å². The van der Waals surface area contributed by atoms with Crippen LogP contribution in [0, 0.1) is 0 Å². The van der Waals surface area contributed by atoms with E-state index in [1.807, 2.05) is 0 Å². The lowest BCUT2D eigenvalue weighted by molar-refractivity contribution is -0.146. The molecule has 0 aromatic heterocycles. The molecule has 0 bridgehead atoms. The van der Waals surface area contributed by atoms with Crippen LogP contribution < -0.4 is 19.5 Å². The molecule has 1 aliphatic rings. The number of nitrogens with zero attached hydrogens (tertiary/aromatic N) is 1. The molecule has 8 heteroatoms. The number of hydrogen-bond donors (Lipinski definition) is 1. The van der Waals surface area contributed by atoms with Gasteiger partial charge in [0, 0.05) is 31.3 Å². The zero-order valence-electron chi connectivity index (χ0n) is 17.0. The predicted molar refractivity (Wildman–Crippen MR) is 105 cm³/mol. The second-order valence-electron chi connectivity index (χ2n) is 6.42. The van der Waals surface area contributed by atoms with Crippen LogP contribution in [0.3, 0.4) is 0 Å². The highest BCUT2D eigenvalue weighted by molar-refractivity contribution is 5.76. The van der Waals surface area contributed by atoms with Crippen molar-refractivity contribution < 1.29 is 28.5 Å². The summed E-state index contributed by atoms with van der Waals surface area (Å²) in [5.74, 6) is 1.67. The molecule has 0 saturated carbocycles. The van der Waals surface area contributed by atoms with Crippen LogP contribution in [0.15, 0.2) is 24.8 Å². The van der Waals surface area contributed by atoms with Gasteiger partial charge in [0.05, 0.1) is 47.3 Å². The van der Waals surface area contributed by atoms with E-state index in [-0.39, 0.29) is 18.1 Å². The molecule has 0 spiro atoms. The number of benzene rings is 1. The second kappa shape index (κ2) is 10.9. The molecule has 0 aliphatic carbocycles. The van der Waals surface area contributed by atoms with Crippen LogP contribution >= 0.6 is 0 Å².